The molecule has 0 aliphatic rings. The van der Waals surface area contributed by atoms with Gasteiger partial charge in [0.2, 0.25) is 0 Å². The summed E-state index contributed by atoms with van der Waals surface area (Å²) in [5.41, 5.74) is 0. The molecule has 0 aromatic rings. The van der Waals surface area contributed by atoms with Gasteiger partial charge in [0.05, 0.1) is 18.3 Å². The molecule has 0 spiro atoms. The second-order valence-electron chi connectivity index (χ2n) is 9.85. The molecule has 0 aromatic carbocycles. The van der Waals surface area contributed by atoms with E-state index in [1.807, 2.05) is 0 Å². The third-order valence-electron chi connectivity index (χ3n) is 6.46. The zero-order valence-electron chi connectivity index (χ0n) is 22.5. The molecule has 0 radical (unpaired) electrons. The summed E-state index contributed by atoms with van der Waals surface area (Å²) in [4.78, 5) is 0. The zero-order chi connectivity index (χ0) is 27.5. The fourth-order valence-corrected chi connectivity index (χ4v) is 4.09. The summed E-state index contributed by atoms with van der Waals surface area (Å²) in [7, 11) is 0. The van der Waals surface area contributed by atoms with E-state index in [-0.39, 0.29) is 18.9 Å². The molecule has 0 amide bonds. The van der Waals surface area contributed by atoms with Gasteiger partial charge in [-0.3, -0.25) is 0 Å². The summed E-state index contributed by atoms with van der Waals surface area (Å²) >= 11 is 0. The van der Waals surface area contributed by atoms with E-state index in [4.69, 9.17) is 9.47 Å². The van der Waals surface area contributed by atoms with Crippen molar-refractivity contribution in [2.24, 2.45) is 0 Å². The van der Waals surface area contributed by atoms with Gasteiger partial charge >= 0.3 is 0 Å². The van der Waals surface area contributed by atoms with Crippen LogP contribution in [0.2, 0.25) is 0 Å². The van der Waals surface area contributed by atoms with Gasteiger partial charge in [-0.1, -0.05) is 78.1 Å². The predicted octanol–water partition coefficient (Wildman–Crippen LogP) is 1.32. The van der Waals surface area contributed by atoms with Gasteiger partial charge in [0.15, 0.2) is 12.6 Å². The van der Waals surface area contributed by atoms with Crippen molar-refractivity contribution < 1.29 is 50.3 Å². The lowest BCUT2D eigenvalue weighted by atomic mass is 10.0. The SMILES string of the molecule is CCCCCCCCCCCC(C)OC(O)C(O)C(O)C(CCO)OC(O)C(O)C(O)C(O)CCC. The van der Waals surface area contributed by atoms with E-state index in [1.54, 1.807) is 13.8 Å². The number of unbranched alkanes of at least 4 members (excludes halogenated alkanes) is 8. The summed E-state index contributed by atoms with van der Waals surface area (Å²) in [6.45, 7) is 5.25. The van der Waals surface area contributed by atoms with Crippen LogP contribution in [0.1, 0.15) is 104 Å². The highest BCUT2D eigenvalue weighted by molar-refractivity contribution is 4.82. The smallest absolute Gasteiger partial charge is 0.183 e. The first-order valence-electron chi connectivity index (χ1n) is 13.8. The van der Waals surface area contributed by atoms with Gasteiger partial charge < -0.3 is 50.3 Å². The largest absolute Gasteiger partial charge is 0.396 e. The third kappa shape index (κ3) is 15.1. The summed E-state index contributed by atoms with van der Waals surface area (Å²) in [5, 5.41) is 80.3. The van der Waals surface area contributed by atoms with E-state index in [0.29, 0.717) is 12.8 Å². The van der Waals surface area contributed by atoms with Crippen LogP contribution in [0.15, 0.2) is 0 Å². The molecule has 0 rings (SSSR count). The highest BCUT2D eigenvalue weighted by Gasteiger charge is 2.37. The normalized spacial score (nSPS) is 19.8. The maximum Gasteiger partial charge on any atom is 0.183 e. The molecule has 0 aromatic heterocycles. The van der Waals surface area contributed by atoms with E-state index in [0.717, 1.165) is 19.3 Å². The number of aliphatic hydroxyl groups excluding tert-OH is 8. The Hall–Kier alpha value is -0.400. The van der Waals surface area contributed by atoms with Crippen LogP contribution in [0.25, 0.3) is 0 Å². The van der Waals surface area contributed by atoms with Gasteiger partial charge in [-0.2, -0.15) is 0 Å². The number of aliphatic hydroxyl groups is 8. The number of hydrogen-bond donors (Lipinski definition) is 8. The molecule has 0 saturated heterocycles. The van der Waals surface area contributed by atoms with E-state index in [2.05, 4.69) is 6.92 Å². The Morgan fingerprint density at radius 3 is 1.56 bits per heavy atom. The zero-order valence-corrected chi connectivity index (χ0v) is 22.5. The Morgan fingerprint density at radius 1 is 0.528 bits per heavy atom. The van der Waals surface area contributed by atoms with Crippen molar-refractivity contribution in [3.63, 3.8) is 0 Å². The van der Waals surface area contributed by atoms with Crippen LogP contribution in [0.4, 0.5) is 0 Å². The highest BCUT2D eigenvalue weighted by atomic mass is 16.6. The Morgan fingerprint density at radius 2 is 1.03 bits per heavy atom. The van der Waals surface area contributed by atoms with E-state index in [9.17, 15) is 40.9 Å². The quantitative estimate of drug-likeness (QED) is 0.0675. The fraction of sp³-hybridized carbons (Fsp3) is 1.00. The molecule has 9 atom stereocenters. The van der Waals surface area contributed by atoms with Gasteiger partial charge in [0.1, 0.15) is 24.4 Å². The van der Waals surface area contributed by atoms with Gasteiger partial charge in [0, 0.05) is 6.61 Å². The molecule has 0 fully saturated rings. The molecule has 218 valence electrons. The fourth-order valence-electron chi connectivity index (χ4n) is 4.09. The Balaban J connectivity index is 4.54. The van der Waals surface area contributed by atoms with Crippen molar-refractivity contribution in [1.29, 1.82) is 0 Å². The summed E-state index contributed by atoms with van der Waals surface area (Å²) in [6, 6.07) is 0. The number of hydrogen-bond acceptors (Lipinski definition) is 10. The van der Waals surface area contributed by atoms with Crippen LogP contribution in [0, 0.1) is 0 Å². The first-order chi connectivity index (χ1) is 17.1. The molecule has 10 heteroatoms. The van der Waals surface area contributed by atoms with Gasteiger partial charge in [-0.25, -0.2) is 0 Å². The topological polar surface area (TPSA) is 180 Å². The van der Waals surface area contributed by atoms with Crippen LogP contribution in [0.5, 0.6) is 0 Å². The molecular formula is C26H54O10. The van der Waals surface area contributed by atoms with Gasteiger partial charge in [-0.15, -0.1) is 0 Å². The maximum atomic E-state index is 10.5. The van der Waals surface area contributed by atoms with Crippen molar-refractivity contribution in [3.8, 4) is 0 Å². The molecule has 9 unspecified atom stereocenters. The van der Waals surface area contributed by atoms with Crippen molar-refractivity contribution in [3.05, 3.63) is 0 Å². The molecule has 0 aliphatic heterocycles. The van der Waals surface area contributed by atoms with Crippen molar-refractivity contribution >= 4 is 0 Å². The highest BCUT2D eigenvalue weighted by Crippen LogP contribution is 2.19. The minimum atomic E-state index is -2.02. The van der Waals surface area contributed by atoms with Crippen molar-refractivity contribution in [2.75, 3.05) is 6.61 Å². The molecule has 8 N–H and O–H groups in total. The van der Waals surface area contributed by atoms with Crippen LogP contribution in [-0.4, -0.2) is 103 Å². The molecular weight excluding hydrogens is 472 g/mol. The van der Waals surface area contributed by atoms with Gasteiger partial charge in [0.25, 0.3) is 0 Å². The average molecular weight is 527 g/mol. The molecule has 36 heavy (non-hydrogen) atoms. The Labute approximate surface area is 216 Å². The molecule has 10 nitrogen and oxygen atoms in total. The average Bonchev–Trinajstić information content (AvgIpc) is 2.85. The summed E-state index contributed by atoms with van der Waals surface area (Å²) in [6.07, 6.45) is -2.18. The first-order valence-corrected chi connectivity index (χ1v) is 13.8. The lowest BCUT2D eigenvalue weighted by Crippen LogP contribution is -2.51. The number of rotatable bonds is 24. The molecule has 0 aliphatic carbocycles. The molecule has 0 heterocycles. The molecule has 0 saturated carbocycles. The minimum Gasteiger partial charge on any atom is -0.396 e. The predicted molar refractivity (Wildman–Crippen MR) is 136 cm³/mol. The third-order valence-corrected chi connectivity index (χ3v) is 6.46. The minimum absolute atomic E-state index is 0.188. The second-order valence-corrected chi connectivity index (χ2v) is 9.85. The molecule has 0 bridgehead atoms. The standard InChI is InChI=1S/C26H54O10/c1-4-6-7-8-9-10-11-12-13-15-18(3)35-25(33)24(32)22(30)20(16-17-27)36-26(34)23(31)21(29)19(28)14-5-2/h18-34H,4-17H2,1-3H3. The van der Waals surface area contributed by atoms with Crippen molar-refractivity contribution in [2.45, 2.75) is 160 Å². The van der Waals surface area contributed by atoms with Crippen LogP contribution in [-0.2, 0) is 9.47 Å². The van der Waals surface area contributed by atoms with E-state index in [1.165, 1.54) is 38.5 Å². The van der Waals surface area contributed by atoms with Crippen LogP contribution >= 0.6 is 0 Å². The lowest BCUT2D eigenvalue weighted by Gasteiger charge is -2.33. The van der Waals surface area contributed by atoms with E-state index < -0.39 is 55.8 Å². The monoisotopic (exact) mass is 526 g/mol. The number of ether oxygens (including phenoxy) is 2. The Bertz CT molecular complexity index is 497. The summed E-state index contributed by atoms with van der Waals surface area (Å²) in [5.74, 6) is 0. The van der Waals surface area contributed by atoms with Gasteiger partial charge in [-0.05, 0) is 26.2 Å². The Kier molecular flexibility index (Phi) is 21.3. The van der Waals surface area contributed by atoms with Crippen LogP contribution in [0.3, 0.4) is 0 Å². The first kappa shape index (κ1) is 35.6. The maximum absolute atomic E-state index is 10.5. The summed E-state index contributed by atoms with van der Waals surface area (Å²) < 4.78 is 10.6. The van der Waals surface area contributed by atoms with E-state index >= 15 is 0 Å². The van der Waals surface area contributed by atoms with Crippen molar-refractivity contribution in [1.82, 2.24) is 0 Å². The van der Waals surface area contributed by atoms with Crippen LogP contribution < -0.4 is 0 Å². The second kappa shape index (κ2) is 21.5. The lowest BCUT2D eigenvalue weighted by molar-refractivity contribution is -0.261.